The molecule has 2 aromatic heterocycles. The molecular formula is C13H16BrN3. The van der Waals surface area contributed by atoms with E-state index in [-0.39, 0.29) is 0 Å². The number of nitrogens with one attached hydrogen (secondary N) is 1. The monoisotopic (exact) mass is 293 g/mol. The van der Waals surface area contributed by atoms with Crippen LogP contribution in [0.5, 0.6) is 0 Å². The molecular weight excluding hydrogens is 278 g/mol. The molecule has 1 fully saturated rings. The van der Waals surface area contributed by atoms with Crippen molar-refractivity contribution in [3.63, 3.8) is 0 Å². The van der Waals surface area contributed by atoms with Gasteiger partial charge in [0, 0.05) is 22.3 Å². The number of piperidine rings is 1. The normalized spacial score (nSPS) is 17.8. The highest BCUT2D eigenvalue weighted by Gasteiger charge is 2.20. The van der Waals surface area contributed by atoms with E-state index in [2.05, 4.69) is 50.9 Å². The van der Waals surface area contributed by atoms with Crippen molar-refractivity contribution in [2.75, 3.05) is 13.1 Å². The molecule has 0 spiro atoms. The summed E-state index contributed by atoms with van der Waals surface area (Å²) in [5.74, 6) is 0.620. The van der Waals surface area contributed by atoms with Crippen LogP contribution < -0.4 is 5.32 Å². The van der Waals surface area contributed by atoms with Crippen molar-refractivity contribution in [1.29, 1.82) is 0 Å². The molecule has 0 atom stereocenters. The molecule has 3 rings (SSSR count). The third-order valence-corrected chi connectivity index (χ3v) is 4.08. The number of aryl methyl sites for hydroxylation is 1. The minimum absolute atomic E-state index is 0.620. The molecule has 1 N–H and O–H groups in total. The topological polar surface area (TPSA) is 29.3 Å². The Balaban J connectivity index is 2.07. The summed E-state index contributed by atoms with van der Waals surface area (Å²) in [6.07, 6.45) is 4.49. The molecule has 0 aromatic carbocycles. The van der Waals surface area contributed by atoms with Gasteiger partial charge >= 0.3 is 0 Å². The van der Waals surface area contributed by atoms with Crippen LogP contribution in [0.15, 0.2) is 22.8 Å². The SMILES string of the molecule is Cc1c(C2CCNCC2)nc2cc(Br)ccn12. The average Bonchev–Trinajstić information content (AvgIpc) is 2.67. The quantitative estimate of drug-likeness (QED) is 0.876. The van der Waals surface area contributed by atoms with Crippen molar-refractivity contribution < 1.29 is 0 Å². The molecule has 2 aromatic rings. The summed E-state index contributed by atoms with van der Waals surface area (Å²) in [6.45, 7) is 4.40. The average molecular weight is 294 g/mol. The van der Waals surface area contributed by atoms with E-state index < -0.39 is 0 Å². The van der Waals surface area contributed by atoms with Gasteiger partial charge in [0.15, 0.2) is 0 Å². The van der Waals surface area contributed by atoms with E-state index in [0.717, 1.165) is 23.2 Å². The minimum Gasteiger partial charge on any atom is -0.317 e. The van der Waals surface area contributed by atoms with Gasteiger partial charge in [0.1, 0.15) is 5.65 Å². The van der Waals surface area contributed by atoms with Crippen LogP contribution >= 0.6 is 15.9 Å². The Bertz CT molecular complexity index is 541. The van der Waals surface area contributed by atoms with Gasteiger partial charge in [0.05, 0.1) is 5.69 Å². The fraction of sp³-hybridized carbons (Fsp3) is 0.462. The lowest BCUT2D eigenvalue weighted by Crippen LogP contribution is -2.27. The van der Waals surface area contributed by atoms with Gasteiger partial charge in [-0.1, -0.05) is 15.9 Å². The molecule has 17 heavy (non-hydrogen) atoms. The number of rotatable bonds is 1. The molecule has 3 heterocycles. The third kappa shape index (κ3) is 2.00. The van der Waals surface area contributed by atoms with E-state index in [1.165, 1.54) is 24.2 Å². The molecule has 90 valence electrons. The van der Waals surface area contributed by atoms with E-state index in [1.54, 1.807) is 0 Å². The zero-order chi connectivity index (χ0) is 11.8. The summed E-state index contributed by atoms with van der Waals surface area (Å²) in [4.78, 5) is 4.80. The third-order valence-electron chi connectivity index (χ3n) is 3.59. The highest BCUT2D eigenvalue weighted by atomic mass is 79.9. The Morgan fingerprint density at radius 3 is 2.94 bits per heavy atom. The molecule has 3 nitrogen and oxygen atoms in total. The zero-order valence-corrected chi connectivity index (χ0v) is 11.5. The second-order valence-corrected chi connectivity index (χ2v) is 5.60. The first-order valence-corrected chi connectivity index (χ1v) is 6.90. The summed E-state index contributed by atoms with van der Waals surface area (Å²) in [5, 5.41) is 3.40. The van der Waals surface area contributed by atoms with Crippen LogP contribution in [0.25, 0.3) is 5.65 Å². The molecule has 0 amide bonds. The molecule has 0 saturated carbocycles. The minimum atomic E-state index is 0.620. The van der Waals surface area contributed by atoms with Crippen LogP contribution in [0.3, 0.4) is 0 Å². The molecule has 1 aliphatic heterocycles. The van der Waals surface area contributed by atoms with Crippen LogP contribution in [0.4, 0.5) is 0 Å². The molecule has 4 heteroatoms. The summed E-state index contributed by atoms with van der Waals surface area (Å²) in [5.41, 5.74) is 3.62. The van der Waals surface area contributed by atoms with Gasteiger partial charge in [0.25, 0.3) is 0 Å². The van der Waals surface area contributed by atoms with Gasteiger partial charge in [-0.05, 0) is 45.0 Å². The second-order valence-electron chi connectivity index (χ2n) is 4.68. The van der Waals surface area contributed by atoms with Crippen molar-refractivity contribution in [1.82, 2.24) is 14.7 Å². The largest absolute Gasteiger partial charge is 0.317 e. The first-order valence-electron chi connectivity index (χ1n) is 6.10. The van der Waals surface area contributed by atoms with E-state index in [9.17, 15) is 0 Å². The molecule has 1 saturated heterocycles. The first-order chi connectivity index (χ1) is 8.25. The Hall–Kier alpha value is -0.870. The Kier molecular flexibility index (Phi) is 2.92. The lowest BCUT2D eigenvalue weighted by Gasteiger charge is -2.21. The number of hydrogen-bond acceptors (Lipinski definition) is 2. The number of imidazole rings is 1. The van der Waals surface area contributed by atoms with Crippen LogP contribution in [-0.2, 0) is 0 Å². The number of pyridine rings is 1. The van der Waals surface area contributed by atoms with Crippen molar-refractivity contribution >= 4 is 21.6 Å². The summed E-state index contributed by atoms with van der Waals surface area (Å²) < 4.78 is 3.27. The Morgan fingerprint density at radius 2 is 2.18 bits per heavy atom. The Labute approximate surface area is 109 Å². The number of halogens is 1. The van der Waals surface area contributed by atoms with Gasteiger partial charge in [-0.3, -0.25) is 0 Å². The van der Waals surface area contributed by atoms with Gasteiger partial charge in [-0.25, -0.2) is 4.98 Å². The standard InChI is InChI=1S/C13H16BrN3/c1-9-13(10-2-5-15-6-3-10)16-12-8-11(14)4-7-17(9)12/h4,7-8,10,15H,2-3,5-6H2,1H3. The van der Waals surface area contributed by atoms with Gasteiger partial charge in [-0.15, -0.1) is 0 Å². The van der Waals surface area contributed by atoms with Crippen LogP contribution in [0.2, 0.25) is 0 Å². The predicted molar refractivity (Wildman–Crippen MR) is 72.5 cm³/mol. The van der Waals surface area contributed by atoms with E-state index in [4.69, 9.17) is 4.98 Å². The van der Waals surface area contributed by atoms with Gasteiger partial charge < -0.3 is 9.72 Å². The van der Waals surface area contributed by atoms with E-state index >= 15 is 0 Å². The highest BCUT2D eigenvalue weighted by molar-refractivity contribution is 9.10. The van der Waals surface area contributed by atoms with Crippen LogP contribution in [0.1, 0.15) is 30.1 Å². The zero-order valence-electron chi connectivity index (χ0n) is 9.91. The highest BCUT2D eigenvalue weighted by Crippen LogP contribution is 2.28. The fourth-order valence-corrected chi connectivity index (χ4v) is 2.97. The Morgan fingerprint density at radius 1 is 1.41 bits per heavy atom. The predicted octanol–water partition coefficient (Wildman–Crippen LogP) is 2.87. The van der Waals surface area contributed by atoms with E-state index in [0.29, 0.717) is 5.92 Å². The summed E-state index contributed by atoms with van der Waals surface area (Å²) >= 11 is 3.50. The van der Waals surface area contributed by atoms with Crippen LogP contribution in [0, 0.1) is 6.92 Å². The summed E-state index contributed by atoms with van der Waals surface area (Å²) in [7, 11) is 0. The van der Waals surface area contributed by atoms with Crippen molar-refractivity contribution in [2.45, 2.75) is 25.7 Å². The van der Waals surface area contributed by atoms with Crippen molar-refractivity contribution in [3.05, 3.63) is 34.2 Å². The lowest BCUT2D eigenvalue weighted by molar-refractivity contribution is 0.453. The molecule has 1 aliphatic rings. The molecule has 0 bridgehead atoms. The van der Waals surface area contributed by atoms with E-state index in [1.807, 2.05) is 0 Å². The fourth-order valence-electron chi connectivity index (χ4n) is 2.64. The number of fused-ring (bicyclic) bond motifs is 1. The van der Waals surface area contributed by atoms with Crippen molar-refractivity contribution in [2.24, 2.45) is 0 Å². The molecule has 0 radical (unpaired) electrons. The number of aromatic nitrogens is 2. The maximum absolute atomic E-state index is 4.80. The number of hydrogen-bond donors (Lipinski definition) is 1. The van der Waals surface area contributed by atoms with Gasteiger partial charge in [0.2, 0.25) is 0 Å². The maximum Gasteiger partial charge on any atom is 0.138 e. The van der Waals surface area contributed by atoms with Crippen LogP contribution in [-0.4, -0.2) is 22.5 Å². The number of nitrogens with zero attached hydrogens (tertiary/aromatic N) is 2. The molecule has 0 unspecified atom stereocenters. The van der Waals surface area contributed by atoms with Gasteiger partial charge in [-0.2, -0.15) is 0 Å². The summed E-state index contributed by atoms with van der Waals surface area (Å²) in [6, 6.07) is 4.14. The lowest BCUT2D eigenvalue weighted by atomic mass is 9.94. The molecule has 0 aliphatic carbocycles. The first kappa shape index (κ1) is 11.2. The van der Waals surface area contributed by atoms with Crippen molar-refractivity contribution in [3.8, 4) is 0 Å². The second kappa shape index (κ2) is 4.42. The smallest absolute Gasteiger partial charge is 0.138 e. The maximum atomic E-state index is 4.80.